The summed E-state index contributed by atoms with van der Waals surface area (Å²) in [5.74, 6) is -1.30. The third-order valence-electron chi connectivity index (χ3n) is 5.55. The van der Waals surface area contributed by atoms with Crippen LogP contribution in [0.2, 0.25) is 0 Å². The molecular formula is C28H24Br2N4O6. The summed E-state index contributed by atoms with van der Waals surface area (Å²) in [6.45, 7) is -0.623. The van der Waals surface area contributed by atoms with Crippen LogP contribution in [0, 0.1) is 0 Å². The molecule has 12 heteroatoms. The number of amides is 4. The molecule has 4 aromatic rings. The van der Waals surface area contributed by atoms with Crippen LogP contribution in [-0.4, -0.2) is 36.8 Å². The first-order valence-corrected chi connectivity index (χ1v) is 13.6. The van der Waals surface area contributed by atoms with Gasteiger partial charge in [-0.25, -0.2) is 0 Å². The third kappa shape index (κ3) is 8.68. The number of hydrazine groups is 2. The van der Waals surface area contributed by atoms with Crippen LogP contribution in [0.1, 0.15) is 12.8 Å². The Labute approximate surface area is 246 Å². The lowest BCUT2D eigenvalue weighted by Crippen LogP contribution is -2.45. The summed E-state index contributed by atoms with van der Waals surface area (Å²) in [4.78, 5) is 47.9. The molecule has 0 saturated carbocycles. The summed E-state index contributed by atoms with van der Waals surface area (Å²) in [7, 11) is 0. The van der Waals surface area contributed by atoms with Gasteiger partial charge in [0.2, 0.25) is 11.8 Å². The van der Waals surface area contributed by atoms with Gasteiger partial charge in [-0.3, -0.25) is 40.9 Å². The molecule has 40 heavy (non-hydrogen) atoms. The lowest BCUT2D eigenvalue weighted by molar-refractivity contribution is -0.132. The molecule has 0 heterocycles. The van der Waals surface area contributed by atoms with Crippen molar-refractivity contribution in [2.24, 2.45) is 0 Å². The summed E-state index contributed by atoms with van der Waals surface area (Å²) >= 11 is 6.84. The highest BCUT2D eigenvalue weighted by atomic mass is 79.9. The fraction of sp³-hybridized carbons (Fsp3) is 0.143. The first-order chi connectivity index (χ1) is 19.2. The Morgan fingerprint density at radius 1 is 0.500 bits per heavy atom. The quantitative estimate of drug-likeness (QED) is 0.198. The molecule has 0 bridgehead atoms. The van der Waals surface area contributed by atoms with Crippen LogP contribution in [0.25, 0.3) is 21.5 Å². The molecule has 0 atom stereocenters. The van der Waals surface area contributed by atoms with E-state index in [4.69, 9.17) is 9.47 Å². The van der Waals surface area contributed by atoms with E-state index in [1.54, 1.807) is 24.3 Å². The largest absolute Gasteiger partial charge is 0.484 e. The van der Waals surface area contributed by atoms with Crippen LogP contribution < -0.4 is 31.2 Å². The standard InChI is InChI=1S/C28H24Br2N4O6/c29-21-5-1-19-13-23(7-3-17(19)11-21)39-15-27(37)33-31-25(35)9-10-26(36)32-34-28(38)16-40-24-8-4-18-12-22(30)6-2-20(18)14-24/h1-8,11-14H,9-10,15-16H2,(H,31,35)(H,32,36)(H,33,37)(H,34,38). The first kappa shape index (κ1) is 28.8. The Bertz CT molecular complexity index is 1460. The average Bonchev–Trinajstić information content (AvgIpc) is 2.95. The minimum atomic E-state index is -0.585. The molecule has 0 saturated heterocycles. The van der Waals surface area contributed by atoms with Crippen LogP contribution in [0.3, 0.4) is 0 Å². The van der Waals surface area contributed by atoms with E-state index in [0.717, 1.165) is 30.5 Å². The number of carbonyl (C=O) groups is 4. The second-order valence-electron chi connectivity index (χ2n) is 8.58. The lowest BCUT2D eigenvalue weighted by atomic mass is 10.1. The monoisotopic (exact) mass is 670 g/mol. The van der Waals surface area contributed by atoms with Crippen molar-refractivity contribution < 1.29 is 28.7 Å². The van der Waals surface area contributed by atoms with Crippen molar-refractivity contribution in [2.75, 3.05) is 13.2 Å². The minimum absolute atomic E-state index is 0.215. The smallest absolute Gasteiger partial charge is 0.276 e. The van der Waals surface area contributed by atoms with Gasteiger partial charge in [-0.15, -0.1) is 0 Å². The number of rotatable bonds is 9. The second kappa shape index (κ2) is 13.8. The van der Waals surface area contributed by atoms with E-state index >= 15 is 0 Å². The number of carbonyl (C=O) groups excluding carboxylic acids is 4. The molecule has 4 amide bonds. The number of nitrogens with one attached hydrogen (secondary N) is 4. The van der Waals surface area contributed by atoms with Crippen molar-refractivity contribution in [2.45, 2.75) is 12.8 Å². The number of fused-ring (bicyclic) bond motifs is 2. The van der Waals surface area contributed by atoms with Gasteiger partial charge in [-0.2, -0.15) is 0 Å². The molecule has 206 valence electrons. The molecule has 0 spiro atoms. The van der Waals surface area contributed by atoms with E-state index < -0.39 is 23.6 Å². The average molecular weight is 672 g/mol. The zero-order valence-electron chi connectivity index (χ0n) is 21.0. The summed E-state index contributed by atoms with van der Waals surface area (Å²) < 4.78 is 12.9. The molecule has 4 aromatic carbocycles. The second-order valence-corrected chi connectivity index (χ2v) is 10.4. The van der Waals surface area contributed by atoms with Gasteiger partial charge < -0.3 is 9.47 Å². The van der Waals surface area contributed by atoms with Gasteiger partial charge in [0.05, 0.1) is 0 Å². The van der Waals surface area contributed by atoms with Gasteiger partial charge in [0.1, 0.15) is 11.5 Å². The van der Waals surface area contributed by atoms with Gasteiger partial charge in [-0.05, 0) is 70.1 Å². The highest BCUT2D eigenvalue weighted by Gasteiger charge is 2.11. The van der Waals surface area contributed by atoms with Gasteiger partial charge >= 0.3 is 0 Å². The van der Waals surface area contributed by atoms with Crippen molar-refractivity contribution in [3.05, 3.63) is 81.7 Å². The first-order valence-electron chi connectivity index (χ1n) is 12.0. The maximum Gasteiger partial charge on any atom is 0.276 e. The molecule has 0 aliphatic rings. The zero-order valence-corrected chi connectivity index (χ0v) is 24.1. The van der Waals surface area contributed by atoms with Crippen LogP contribution in [0.5, 0.6) is 11.5 Å². The van der Waals surface area contributed by atoms with E-state index in [9.17, 15) is 19.2 Å². The normalized spacial score (nSPS) is 10.6. The molecule has 4 rings (SSSR count). The van der Waals surface area contributed by atoms with Crippen molar-refractivity contribution >= 4 is 77.0 Å². The Hall–Kier alpha value is -4.16. The molecule has 0 unspecified atom stereocenters. The fourth-order valence-corrected chi connectivity index (χ4v) is 4.33. The van der Waals surface area contributed by atoms with Crippen molar-refractivity contribution in [3.8, 4) is 11.5 Å². The summed E-state index contributed by atoms with van der Waals surface area (Å²) in [5.41, 5.74) is 8.89. The highest BCUT2D eigenvalue weighted by molar-refractivity contribution is 9.10. The van der Waals surface area contributed by atoms with Gasteiger partial charge in [-0.1, -0.05) is 56.1 Å². The number of hydrogen-bond donors (Lipinski definition) is 4. The van der Waals surface area contributed by atoms with E-state index in [2.05, 4.69) is 53.6 Å². The Morgan fingerprint density at radius 2 is 0.850 bits per heavy atom. The summed E-state index contributed by atoms with van der Waals surface area (Å²) in [6.07, 6.45) is -0.431. The Morgan fingerprint density at radius 3 is 1.27 bits per heavy atom. The van der Waals surface area contributed by atoms with Crippen LogP contribution in [-0.2, 0) is 19.2 Å². The molecule has 0 aliphatic heterocycles. The van der Waals surface area contributed by atoms with Crippen molar-refractivity contribution in [1.29, 1.82) is 0 Å². The number of halogens is 2. The van der Waals surface area contributed by atoms with E-state index in [1.165, 1.54) is 0 Å². The van der Waals surface area contributed by atoms with E-state index in [-0.39, 0.29) is 26.1 Å². The fourth-order valence-electron chi connectivity index (χ4n) is 3.57. The summed E-state index contributed by atoms with van der Waals surface area (Å²) in [6, 6.07) is 22.4. The van der Waals surface area contributed by atoms with Crippen molar-refractivity contribution in [1.82, 2.24) is 21.7 Å². The maximum absolute atomic E-state index is 12.0. The number of ether oxygens (including phenoxy) is 2. The minimum Gasteiger partial charge on any atom is -0.484 e. The van der Waals surface area contributed by atoms with Crippen LogP contribution >= 0.6 is 31.9 Å². The molecule has 0 radical (unpaired) electrons. The molecule has 0 aromatic heterocycles. The number of hydrogen-bond acceptors (Lipinski definition) is 6. The summed E-state index contributed by atoms with van der Waals surface area (Å²) in [5, 5.41) is 3.94. The Balaban J connectivity index is 1.08. The predicted octanol–water partition coefficient (Wildman–Crippen LogP) is 4.05. The van der Waals surface area contributed by atoms with E-state index in [1.807, 2.05) is 48.5 Å². The third-order valence-corrected chi connectivity index (χ3v) is 6.54. The van der Waals surface area contributed by atoms with Crippen molar-refractivity contribution in [3.63, 3.8) is 0 Å². The molecule has 0 aliphatic carbocycles. The van der Waals surface area contributed by atoms with Crippen LogP contribution in [0.15, 0.2) is 81.7 Å². The number of benzene rings is 4. The molecular weight excluding hydrogens is 648 g/mol. The SMILES string of the molecule is O=C(CCC(=O)NNC(=O)COc1ccc2cc(Br)ccc2c1)NNC(=O)COc1ccc2cc(Br)ccc2c1. The van der Waals surface area contributed by atoms with Gasteiger partial charge in [0, 0.05) is 21.8 Å². The lowest BCUT2D eigenvalue weighted by Gasteiger charge is -2.10. The maximum atomic E-state index is 12.0. The zero-order chi connectivity index (χ0) is 28.5. The van der Waals surface area contributed by atoms with Gasteiger partial charge in [0.25, 0.3) is 11.8 Å². The van der Waals surface area contributed by atoms with Gasteiger partial charge in [0.15, 0.2) is 13.2 Å². The van der Waals surface area contributed by atoms with Crippen LogP contribution in [0.4, 0.5) is 0 Å². The highest BCUT2D eigenvalue weighted by Crippen LogP contribution is 2.25. The molecule has 0 fully saturated rings. The predicted molar refractivity (Wildman–Crippen MR) is 156 cm³/mol. The Kier molecular flexibility index (Phi) is 9.92. The molecule has 10 nitrogen and oxygen atoms in total. The topological polar surface area (TPSA) is 135 Å². The molecule has 4 N–H and O–H groups in total. The van der Waals surface area contributed by atoms with E-state index in [0.29, 0.717) is 11.5 Å².